The van der Waals surface area contributed by atoms with Crippen LogP contribution in [0.4, 0.5) is 0 Å². The third-order valence-electron chi connectivity index (χ3n) is 4.14. The highest BCUT2D eigenvalue weighted by Crippen LogP contribution is 2.23. The first-order valence-electron chi connectivity index (χ1n) is 8.23. The van der Waals surface area contributed by atoms with Crippen molar-refractivity contribution < 1.29 is 4.74 Å². The molecule has 0 aliphatic heterocycles. The molecule has 1 fully saturated rings. The lowest BCUT2D eigenvalue weighted by Gasteiger charge is -2.22. The quantitative estimate of drug-likeness (QED) is 0.702. The zero-order valence-corrected chi connectivity index (χ0v) is 13.8. The molecule has 0 aromatic carbocycles. The first-order chi connectivity index (χ1) is 9.79. The van der Waals surface area contributed by atoms with Crippen LogP contribution in [0, 0.1) is 0 Å². The van der Waals surface area contributed by atoms with E-state index in [1.165, 1.54) is 41.9 Å². The summed E-state index contributed by atoms with van der Waals surface area (Å²) in [6, 6.07) is 4.99. The molecule has 1 unspecified atom stereocenters. The smallest absolute Gasteiger partial charge is 0.0575 e. The van der Waals surface area contributed by atoms with Crippen LogP contribution in [0.5, 0.6) is 0 Å². The molecule has 2 rings (SSSR count). The van der Waals surface area contributed by atoms with Crippen LogP contribution in [0.25, 0.3) is 0 Å². The van der Waals surface area contributed by atoms with Gasteiger partial charge in [0.2, 0.25) is 0 Å². The molecule has 20 heavy (non-hydrogen) atoms. The Balaban J connectivity index is 1.55. The van der Waals surface area contributed by atoms with Crippen molar-refractivity contribution >= 4 is 11.3 Å². The summed E-state index contributed by atoms with van der Waals surface area (Å²) in [6.45, 7) is 6.44. The van der Waals surface area contributed by atoms with E-state index in [2.05, 4.69) is 31.3 Å². The highest BCUT2D eigenvalue weighted by molar-refractivity contribution is 7.12. The molecule has 3 heteroatoms. The van der Waals surface area contributed by atoms with Gasteiger partial charge in [-0.05, 0) is 51.3 Å². The molecule has 1 saturated carbocycles. The fourth-order valence-electron chi connectivity index (χ4n) is 2.79. The zero-order chi connectivity index (χ0) is 14.2. The average molecular weight is 295 g/mol. The van der Waals surface area contributed by atoms with E-state index in [9.17, 15) is 0 Å². The van der Waals surface area contributed by atoms with Crippen LogP contribution in [0.2, 0.25) is 0 Å². The summed E-state index contributed by atoms with van der Waals surface area (Å²) < 4.78 is 5.95. The lowest BCUT2D eigenvalue weighted by molar-refractivity contribution is 0.0271. The Morgan fingerprint density at radius 3 is 2.80 bits per heavy atom. The lowest BCUT2D eigenvalue weighted by Crippen LogP contribution is -2.22. The van der Waals surface area contributed by atoms with Gasteiger partial charge in [0, 0.05) is 22.4 Å². The Kier molecular flexibility index (Phi) is 7.05. The molecule has 1 aromatic heterocycles. The van der Waals surface area contributed by atoms with Crippen molar-refractivity contribution in [2.24, 2.45) is 0 Å². The maximum absolute atomic E-state index is 5.95. The Hall–Kier alpha value is -0.380. The van der Waals surface area contributed by atoms with Crippen molar-refractivity contribution in [3.05, 3.63) is 21.9 Å². The second-order valence-corrected chi connectivity index (χ2v) is 7.02. The largest absolute Gasteiger partial charge is 0.378 e. The van der Waals surface area contributed by atoms with Crippen molar-refractivity contribution in [1.82, 2.24) is 5.32 Å². The van der Waals surface area contributed by atoms with Crippen molar-refractivity contribution in [1.29, 1.82) is 0 Å². The van der Waals surface area contributed by atoms with Crippen molar-refractivity contribution in [2.45, 2.75) is 70.9 Å². The predicted molar refractivity (Wildman–Crippen MR) is 87.6 cm³/mol. The lowest BCUT2D eigenvalue weighted by atomic mass is 9.98. The monoisotopic (exact) mass is 295 g/mol. The molecule has 0 bridgehead atoms. The van der Waals surface area contributed by atoms with Crippen molar-refractivity contribution in [3.63, 3.8) is 0 Å². The second-order valence-electron chi connectivity index (χ2n) is 5.82. The third-order valence-corrected chi connectivity index (χ3v) is 5.55. The molecular weight excluding hydrogens is 266 g/mol. The summed E-state index contributed by atoms with van der Waals surface area (Å²) >= 11 is 1.93. The van der Waals surface area contributed by atoms with Gasteiger partial charge in [0.25, 0.3) is 0 Å². The van der Waals surface area contributed by atoms with E-state index >= 15 is 0 Å². The molecular formula is C17H29NOS. The Morgan fingerprint density at radius 1 is 1.30 bits per heavy atom. The Morgan fingerprint density at radius 2 is 2.10 bits per heavy atom. The molecule has 0 radical (unpaired) electrons. The molecule has 1 aliphatic carbocycles. The Bertz CT molecular complexity index is 371. The van der Waals surface area contributed by atoms with Crippen LogP contribution in [0.1, 0.15) is 68.2 Å². The first kappa shape index (κ1) is 16.0. The number of thiophene rings is 1. The van der Waals surface area contributed by atoms with E-state index in [4.69, 9.17) is 4.74 Å². The number of ether oxygens (including phenoxy) is 1. The van der Waals surface area contributed by atoms with Gasteiger partial charge in [-0.15, -0.1) is 11.3 Å². The summed E-state index contributed by atoms with van der Waals surface area (Å²) in [6.07, 6.45) is 9.48. The second kappa shape index (κ2) is 8.81. The van der Waals surface area contributed by atoms with Crippen LogP contribution in [0.15, 0.2) is 12.1 Å². The molecule has 1 aliphatic rings. The normalized spacial score (nSPS) is 18.3. The fourth-order valence-corrected chi connectivity index (χ4v) is 3.77. The number of aryl methyl sites for hydroxylation is 1. The Labute approximate surface area is 127 Å². The summed E-state index contributed by atoms with van der Waals surface area (Å²) in [7, 11) is 0. The summed E-state index contributed by atoms with van der Waals surface area (Å²) in [4.78, 5) is 2.93. The maximum Gasteiger partial charge on any atom is 0.0575 e. The van der Waals surface area contributed by atoms with E-state index in [1.807, 2.05) is 11.3 Å². The molecule has 1 atom stereocenters. The summed E-state index contributed by atoms with van der Waals surface area (Å²) in [5, 5.41) is 3.60. The van der Waals surface area contributed by atoms with Gasteiger partial charge in [-0.3, -0.25) is 0 Å². The van der Waals surface area contributed by atoms with E-state index in [0.29, 0.717) is 12.1 Å². The van der Waals surface area contributed by atoms with Crippen LogP contribution < -0.4 is 5.32 Å². The molecule has 1 aromatic rings. The number of hydrogen-bond acceptors (Lipinski definition) is 3. The van der Waals surface area contributed by atoms with Crippen molar-refractivity contribution in [3.8, 4) is 0 Å². The van der Waals surface area contributed by atoms with Gasteiger partial charge in [0.15, 0.2) is 0 Å². The summed E-state index contributed by atoms with van der Waals surface area (Å²) in [5.41, 5.74) is 0. The number of nitrogens with one attached hydrogen (secondary N) is 1. The molecule has 0 saturated heterocycles. The molecule has 0 amide bonds. The van der Waals surface area contributed by atoms with E-state index in [-0.39, 0.29) is 0 Å². The highest BCUT2D eigenvalue weighted by atomic mass is 32.1. The summed E-state index contributed by atoms with van der Waals surface area (Å²) in [5.74, 6) is 0. The molecule has 1 heterocycles. The van der Waals surface area contributed by atoms with Gasteiger partial charge < -0.3 is 10.1 Å². The van der Waals surface area contributed by atoms with Gasteiger partial charge in [-0.2, -0.15) is 0 Å². The van der Waals surface area contributed by atoms with Gasteiger partial charge in [0.1, 0.15) is 0 Å². The number of hydrogen-bond donors (Lipinski definition) is 1. The van der Waals surface area contributed by atoms with E-state index < -0.39 is 0 Å². The topological polar surface area (TPSA) is 21.3 Å². The van der Waals surface area contributed by atoms with Gasteiger partial charge >= 0.3 is 0 Å². The standard InChI is InChI=1S/C17H29NOS/c1-3-16-10-11-17(20-16)14(2)18-12-7-13-19-15-8-5-4-6-9-15/h10-11,14-15,18H,3-9,12-13H2,1-2H3. The molecule has 1 N–H and O–H groups in total. The van der Waals surface area contributed by atoms with Gasteiger partial charge in [-0.25, -0.2) is 0 Å². The average Bonchev–Trinajstić information content (AvgIpc) is 2.97. The minimum Gasteiger partial charge on any atom is -0.378 e. The SMILES string of the molecule is CCc1ccc(C(C)NCCCOC2CCCCC2)s1. The van der Waals surface area contributed by atoms with E-state index in [0.717, 1.165) is 26.0 Å². The van der Waals surface area contributed by atoms with Crippen molar-refractivity contribution in [2.75, 3.05) is 13.2 Å². The van der Waals surface area contributed by atoms with Crippen LogP contribution >= 0.6 is 11.3 Å². The van der Waals surface area contributed by atoms with Crippen LogP contribution in [-0.4, -0.2) is 19.3 Å². The van der Waals surface area contributed by atoms with Crippen LogP contribution in [0.3, 0.4) is 0 Å². The number of rotatable bonds is 8. The molecule has 2 nitrogen and oxygen atoms in total. The fraction of sp³-hybridized carbons (Fsp3) is 0.765. The molecule has 114 valence electrons. The minimum absolute atomic E-state index is 0.468. The minimum atomic E-state index is 0.468. The maximum atomic E-state index is 5.95. The highest BCUT2D eigenvalue weighted by Gasteiger charge is 2.13. The molecule has 0 spiro atoms. The van der Waals surface area contributed by atoms with Gasteiger partial charge in [-0.1, -0.05) is 26.2 Å². The third kappa shape index (κ3) is 5.19. The van der Waals surface area contributed by atoms with E-state index in [1.54, 1.807) is 0 Å². The van der Waals surface area contributed by atoms with Crippen LogP contribution in [-0.2, 0) is 11.2 Å². The zero-order valence-electron chi connectivity index (χ0n) is 13.0. The predicted octanol–water partition coefficient (Wildman–Crippen LogP) is 4.70. The van der Waals surface area contributed by atoms with Gasteiger partial charge in [0.05, 0.1) is 6.10 Å². The first-order valence-corrected chi connectivity index (χ1v) is 9.05.